The molecule has 1 aromatic carbocycles. The van der Waals surface area contributed by atoms with Gasteiger partial charge in [0.15, 0.2) is 0 Å². The quantitative estimate of drug-likeness (QED) is 0.801. The summed E-state index contributed by atoms with van der Waals surface area (Å²) in [6.45, 7) is 2.81. The van der Waals surface area contributed by atoms with Crippen LogP contribution in [0, 0.1) is 5.92 Å². The number of fused-ring (bicyclic) bond motifs is 1. The lowest BCUT2D eigenvalue weighted by Gasteiger charge is -2.37. The third kappa shape index (κ3) is 1.83. The van der Waals surface area contributed by atoms with E-state index in [1.165, 1.54) is 5.56 Å². The van der Waals surface area contributed by atoms with Crippen molar-refractivity contribution in [2.45, 2.75) is 38.5 Å². The minimum absolute atomic E-state index is 0.00135. The molecule has 0 aromatic heterocycles. The first-order valence-corrected chi connectivity index (χ1v) is 6.79. The number of carbonyl (C=O) groups excluding carboxylic acids is 1. The van der Waals surface area contributed by atoms with Crippen LogP contribution in [0.25, 0.3) is 0 Å². The van der Waals surface area contributed by atoms with Crippen LogP contribution in [-0.2, 0) is 9.53 Å². The maximum atomic E-state index is 12.2. The molecule has 2 aliphatic rings. The zero-order valence-corrected chi connectivity index (χ0v) is 10.7. The standard InChI is InChI=1S/C15H19NO2/c1-2-11-8-9-14(17)16-13(10-18-15(11)16)12-6-4-3-5-7-12/h3-7,11,13,15H,2,8-10H2,1H3/t11-,13-,15+/m1/s1. The summed E-state index contributed by atoms with van der Waals surface area (Å²) >= 11 is 0. The van der Waals surface area contributed by atoms with Gasteiger partial charge in [-0.1, -0.05) is 37.3 Å². The van der Waals surface area contributed by atoms with E-state index in [2.05, 4.69) is 19.1 Å². The molecule has 2 saturated heterocycles. The highest BCUT2D eigenvalue weighted by atomic mass is 16.5. The fourth-order valence-corrected chi connectivity index (χ4v) is 3.12. The van der Waals surface area contributed by atoms with Gasteiger partial charge in [0.25, 0.3) is 0 Å². The molecule has 0 unspecified atom stereocenters. The average molecular weight is 245 g/mol. The van der Waals surface area contributed by atoms with Crippen molar-refractivity contribution in [3.8, 4) is 0 Å². The summed E-state index contributed by atoms with van der Waals surface area (Å²) < 4.78 is 5.90. The number of amides is 1. The Labute approximate surface area is 108 Å². The minimum Gasteiger partial charge on any atom is -0.355 e. The summed E-state index contributed by atoms with van der Waals surface area (Å²) in [7, 11) is 0. The van der Waals surface area contributed by atoms with Gasteiger partial charge in [-0.3, -0.25) is 4.79 Å². The molecular weight excluding hydrogens is 226 g/mol. The van der Waals surface area contributed by atoms with Crippen molar-refractivity contribution >= 4 is 5.91 Å². The predicted octanol–water partition coefficient (Wildman–Crippen LogP) is 2.73. The van der Waals surface area contributed by atoms with E-state index in [4.69, 9.17) is 4.74 Å². The molecule has 18 heavy (non-hydrogen) atoms. The van der Waals surface area contributed by atoms with Gasteiger partial charge in [-0.2, -0.15) is 0 Å². The Morgan fingerprint density at radius 3 is 2.83 bits per heavy atom. The van der Waals surface area contributed by atoms with Crippen LogP contribution in [-0.4, -0.2) is 23.6 Å². The molecule has 0 aliphatic carbocycles. The molecule has 96 valence electrons. The third-order valence-electron chi connectivity index (χ3n) is 4.16. The SMILES string of the molecule is CC[C@@H]1CCC(=O)N2[C@@H](c3ccccc3)CO[C@@H]12. The molecule has 0 saturated carbocycles. The van der Waals surface area contributed by atoms with E-state index in [0.29, 0.717) is 18.9 Å². The van der Waals surface area contributed by atoms with E-state index >= 15 is 0 Å². The zero-order valence-electron chi connectivity index (χ0n) is 10.7. The second kappa shape index (κ2) is 4.73. The second-order valence-electron chi connectivity index (χ2n) is 5.16. The van der Waals surface area contributed by atoms with Gasteiger partial charge in [0.05, 0.1) is 12.6 Å². The van der Waals surface area contributed by atoms with Crippen molar-refractivity contribution in [2.75, 3.05) is 6.61 Å². The van der Waals surface area contributed by atoms with Crippen molar-refractivity contribution in [3.63, 3.8) is 0 Å². The van der Waals surface area contributed by atoms with Crippen molar-refractivity contribution in [1.29, 1.82) is 0 Å². The molecule has 1 aromatic rings. The number of benzene rings is 1. The van der Waals surface area contributed by atoms with Gasteiger partial charge in [0.2, 0.25) is 5.91 Å². The molecule has 2 heterocycles. The second-order valence-corrected chi connectivity index (χ2v) is 5.16. The van der Waals surface area contributed by atoms with Gasteiger partial charge in [-0.15, -0.1) is 0 Å². The number of hydrogen-bond acceptors (Lipinski definition) is 2. The Morgan fingerprint density at radius 1 is 1.33 bits per heavy atom. The van der Waals surface area contributed by atoms with Gasteiger partial charge < -0.3 is 9.64 Å². The van der Waals surface area contributed by atoms with Crippen molar-refractivity contribution in [1.82, 2.24) is 4.90 Å². The Balaban J connectivity index is 1.88. The van der Waals surface area contributed by atoms with E-state index in [1.54, 1.807) is 0 Å². The summed E-state index contributed by atoms with van der Waals surface area (Å²) in [4.78, 5) is 14.1. The number of rotatable bonds is 2. The van der Waals surface area contributed by atoms with E-state index in [1.807, 2.05) is 23.1 Å². The van der Waals surface area contributed by atoms with Gasteiger partial charge in [0, 0.05) is 12.3 Å². The molecule has 3 atom stereocenters. The van der Waals surface area contributed by atoms with E-state index < -0.39 is 0 Å². The topological polar surface area (TPSA) is 29.5 Å². The predicted molar refractivity (Wildman–Crippen MR) is 68.8 cm³/mol. The molecule has 3 heteroatoms. The Bertz CT molecular complexity index is 431. The smallest absolute Gasteiger partial charge is 0.225 e. The van der Waals surface area contributed by atoms with Gasteiger partial charge in [-0.25, -0.2) is 0 Å². The number of ether oxygens (including phenoxy) is 1. The normalized spacial score (nSPS) is 31.5. The van der Waals surface area contributed by atoms with Crippen LogP contribution in [0.2, 0.25) is 0 Å². The lowest BCUT2D eigenvalue weighted by Crippen LogP contribution is -2.46. The van der Waals surface area contributed by atoms with Crippen LogP contribution in [0.15, 0.2) is 30.3 Å². The minimum atomic E-state index is 0.00135. The first kappa shape index (κ1) is 11.7. The summed E-state index contributed by atoms with van der Waals surface area (Å²) in [5.41, 5.74) is 1.19. The Morgan fingerprint density at radius 2 is 2.11 bits per heavy atom. The fraction of sp³-hybridized carbons (Fsp3) is 0.533. The molecule has 1 amide bonds. The lowest BCUT2D eigenvalue weighted by atomic mass is 9.92. The molecule has 0 radical (unpaired) electrons. The number of nitrogens with zero attached hydrogens (tertiary/aromatic N) is 1. The molecule has 3 rings (SSSR count). The molecule has 3 nitrogen and oxygen atoms in total. The molecule has 0 bridgehead atoms. The molecular formula is C15H19NO2. The largest absolute Gasteiger partial charge is 0.355 e. The lowest BCUT2D eigenvalue weighted by molar-refractivity contribution is -0.147. The van der Waals surface area contributed by atoms with Crippen LogP contribution in [0.3, 0.4) is 0 Å². The molecule has 0 spiro atoms. The first-order valence-electron chi connectivity index (χ1n) is 6.79. The molecule has 2 aliphatic heterocycles. The van der Waals surface area contributed by atoms with E-state index in [0.717, 1.165) is 12.8 Å². The van der Waals surface area contributed by atoms with Crippen LogP contribution in [0.1, 0.15) is 37.8 Å². The van der Waals surface area contributed by atoms with Crippen LogP contribution in [0.4, 0.5) is 0 Å². The summed E-state index contributed by atoms with van der Waals surface area (Å²) in [5, 5.41) is 0. The highest BCUT2D eigenvalue weighted by Crippen LogP contribution is 2.39. The number of hydrogen-bond donors (Lipinski definition) is 0. The van der Waals surface area contributed by atoms with Gasteiger partial charge in [0.1, 0.15) is 6.23 Å². The van der Waals surface area contributed by atoms with Crippen LogP contribution in [0.5, 0.6) is 0 Å². The van der Waals surface area contributed by atoms with E-state index in [9.17, 15) is 4.79 Å². The third-order valence-corrected chi connectivity index (χ3v) is 4.16. The molecule has 2 fully saturated rings. The van der Waals surface area contributed by atoms with Crippen LogP contribution < -0.4 is 0 Å². The number of piperidine rings is 1. The zero-order chi connectivity index (χ0) is 12.5. The Hall–Kier alpha value is -1.35. The average Bonchev–Trinajstić information content (AvgIpc) is 2.86. The summed E-state index contributed by atoms with van der Waals surface area (Å²) in [6, 6.07) is 10.3. The monoisotopic (exact) mass is 245 g/mol. The van der Waals surface area contributed by atoms with Crippen molar-refractivity contribution in [3.05, 3.63) is 35.9 Å². The summed E-state index contributed by atoms with van der Waals surface area (Å²) in [6.07, 6.45) is 2.72. The fourth-order valence-electron chi connectivity index (χ4n) is 3.12. The van der Waals surface area contributed by atoms with Gasteiger partial charge >= 0.3 is 0 Å². The maximum absolute atomic E-state index is 12.2. The van der Waals surface area contributed by atoms with Crippen molar-refractivity contribution < 1.29 is 9.53 Å². The number of carbonyl (C=O) groups is 1. The van der Waals surface area contributed by atoms with Crippen molar-refractivity contribution in [2.24, 2.45) is 5.92 Å². The maximum Gasteiger partial charge on any atom is 0.225 e. The molecule has 0 N–H and O–H groups in total. The Kier molecular flexibility index (Phi) is 3.08. The van der Waals surface area contributed by atoms with Crippen LogP contribution >= 0.6 is 0 Å². The first-order chi connectivity index (χ1) is 8.81. The highest BCUT2D eigenvalue weighted by molar-refractivity contribution is 5.78. The highest BCUT2D eigenvalue weighted by Gasteiger charge is 2.44. The summed E-state index contributed by atoms with van der Waals surface area (Å²) in [5.74, 6) is 0.743. The van der Waals surface area contributed by atoms with E-state index in [-0.39, 0.29) is 18.2 Å². The van der Waals surface area contributed by atoms with Gasteiger partial charge in [-0.05, 0) is 18.4 Å².